The summed E-state index contributed by atoms with van der Waals surface area (Å²) < 4.78 is 5.72. The number of benzene rings is 2. The molecule has 1 fully saturated rings. The van der Waals surface area contributed by atoms with Gasteiger partial charge in [-0.05, 0) is 60.3 Å². The highest BCUT2D eigenvalue weighted by Crippen LogP contribution is 2.36. The Bertz CT molecular complexity index is 1170. The number of anilines is 1. The quantitative estimate of drug-likeness (QED) is 0.552. The van der Waals surface area contributed by atoms with Gasteiger partial charge >= 0.3 is 5.97 Å². The molecule has 8 heteroatoms. The van der Waals surface area contributed by atoms with Crippen LogP contribution in [0.25, 0.3) is 17.4 Å². The highest BCUT2D eigenvalue weighted by molar-refractivity contribution is 8.19. The zero-order chi connectivity index (χ0) is 20.5. The van der Waals surface area contributed by atoms with Crippen LogP contribution in [0.2, 0.25) is 5.02 Å². The third-order valence-electron chi connectivity index (χ3n) is 4.17. The number of thioether (sulfide) groups is 1. The van der Waals surface area contributed by atoms with E-state index in [0.717, 1.165) is 16.7 Å². The fraction of sp³-hybridized carbons (Fsp3) is 0. The molecule has 0 spiro atoms. The molecule has 0 unspecified atom stereocenters. The van der Waals surface area contributed by atoms with Gasteiger partial charge in [0.25, 0.3) is 11.1 Å². The Morgan fingerprint density at radius 1 is 1.07 bits per heavy atom. The van der Waals surface area contributed by atoms with Crippen LogP contribution in [0, 0.1) is 0 Å². The van der Waals surface area contributed by atoms with Crippen molar-refractivity contribution in [1.82, 2.24) is 0 Å². The van der Waals surface area contributed by atoms with E-state index in [1.54, 1.807) is 48.5 Å². The Hall–Kier alpha value is -3.29. The van der Waals surface area contributed by atoms with Gasteiger partial charge in [0, 0.05) is 16.7 Å². The number of amides is 2. The lowest BCUT2D eigenvalue weighted by Gasteiger charge is -2.11. The number of nitrogens with zero attached hydrogens (tertiary/aromatic N) is 1. The number of imide groups is 1. The van der Waals surface area contributed by atoms with Gasteiger partial charge in [0.1, 0.15) is 11.5 Å². The average Bonchev–Trinajstić information content (AvgIpc) is 3.28. The minimum Gasteiger partial charge on any atom is -0.478 e. The third kappa shape index (κ3) is 3.83. The summed E-state index contributed by atoms with van der Waals surface area (Å²) in [5, 5.41) is 9.21. The van der Waals surface area contributed by atoms with Gasteiger partial charge in [0.2, 0.25) is 0 Å². The Morgan fingerprint density at radius 3 is 2.55 bits per heavy atom. The first-order valence-electron chi connectivity index (χ1n) is 8.39. The lowest BCUT2D eigenvalue weighted by molar-refractivity contribution is -0.113. The zero-order valence-corrected chi connectivity index (χ0v) is 16.2. The molecule has 2 amide bonds. The van der Waals surface area contributed by atoms with Crippen molar-refractivity contribution in [3.63, 3.8) is 0 Å². The number of rotatable bonds is 4. The number of hydrogen-bond donors (Lipinski definition) is 1. The SMILES string of the molecule is O=C(O)c1cccc(-c2ccc(C=C3SC(=O)N(c4ccc(Cl)cc4)C3=O)o2)c1. The molecule has 0 radical (unpaired) electrons. The standard InChI is InChI=1S/C21H12ClNO5S/c22-14-4-6-15(7-5-14)23-19(24)18(29-21(23)27)11-16-8-9-17(28-16)12-2-1-3-13(10-12)20(25)26/h1-11H,(H,25,26). The highest BCUT2D eigenvalue weighted by atomic mass is 35.5. The molecule has 2 aromatic carbocycles. The van der Waals surface area contributed by atoms with Crippen LogP contribution in [0.1, 0.15) is 16.1 Å². The van der Waals surface area contributed by atoms with Crippen LogP contribution in [0.4, 0.5) is 10.5 Å². The molecular formula is C21H12ClNO5S. The van der Waals surface area contributed by atoms with Gasteiger partial charge in [0.05, 0.1) is 16.2 Å². The van der Waals surface area contributed by atoms with Crippen LogP contribution >= 0.6 is 23.4 Å². The second-order valence-corrected chi connectivity index (χ2v) is 7.51. The van der Waals surface area contributed by atoms with Gasteiger partial charge < -0.3 is 9.52 Å². The number of furan rings is 1. The van der Waals surface area contributed by atoms with Gasteiger partial charge in [0.15, 0.2) is 0 Å². The Balaban J connectivity index is 1.60. The molecule has 1 aliphatic rings. The summed E-state index contributed by atoms with van der Waals surface area (Å²) in [6.45, 7) is 0. The van der Waals surface area contributed by atoms with E-state index in [1.807, 2.05) is 0 Å². The lowest BCUT2D eigenvalue weighted by atomic mass is 10.1. The van der Waals surface area contributed by atoms with Gasteiger partial charge in [-0.2, -0.15) is 0 Å². The van der Waals surface area contributed by atoms with E-state index in [4.69, 9.17) is 21.1 Å². The number of hydrogen-bond acceptors (Lipinski definition) is 5. The van der Waals surface area contributed by atoms with E-state index in [2.05, 4.69) is 0 Å². The topological polar surface area (TPSA) is 87.8 Å². The van der Waals surface area contributed by atoms with Crippen LogP contribution in [-0.2, 0) is 4.79 Å². The van der Waals surface area contributed by atoms with Gasteiger partial charge in [-0.15, -0.1) is 0 Å². The largest absolute Gasteiger partial charge is 0.478 e. The molecule has 0 atom stereocenters. The molecule has 0 saturated carbocycles. The van der Waals surface area contributed by atoms with Crippen LogP contribution < -0.4 is 4.90 Å². The van der Waals surface area contributed by atoms with Crippen molar-refractivity contribution in [2.45, 2.75) is 0 Å². The van der Waals surface area contributed by atoms with E-state index in [1.165, 1.54) is 18.2 Å². The number of carbonyl (C=O) groups excluding carboxylic acids is 2. The van der Waals surface area contributed by atoms with E-state index < -0.39 is 17.1 Å². The highest BCUT2D eigenvalue weighted by Gasteiger charge is 2.36. The molecule has 4 rings (SSSR count). The first kappa shape index (κ1) is 19.0. The first-order valence-corrected chi connectivity index (χ1v) is 9.59. The molecule has 29 heavy (non-hydrogen) atoms. The number of carboxylic acid groups (broad SMARTS) is 1. The van der Waals surface area contributed by atoms with Gasteiger partial charge in [-0.3, -0.25) is 9.59 Å². The fourth-order valence-electron chi connectivity index (χ4n) is 2.80. The van der Waals surface area contributed by atoms with Crippen molar-refractivity contribution in [2.75, 3.05) is 4.90 Å². The average molecular weight is 426 g/mol. The molecule has 2 heterocycles. The predicted molar refractivity (Wildman–Crippen MR) is 111 cm³/mol. The van der Waals surface area contributed by atoms with Crippen molar-refractivity contribution >= 4 is 52.2 Å². The van der Waals surface area contributed by atoms with Crippen molar-refractivity contribution in [3.8, 4) is 11.3 Å². The second kappa shape index (κ2) is 7.62. The fourth-order valence-corrected chi connectivity index (χ4v) is 3.75. The number of halogens is 1. The maximum absolute atomic E-state index is 12.7. The Kier molecular flexibility index (Phi) is 5.00. The number of carbonyl (C=O) groups is 3. The second-order valence-electron chi connectivity index (χ2n) is 6.08. The monoisotopic (exact) mass is 425 g/mol. The molecule has 0 bridgehead atoms. The van der Waals surface area contributed by atoms with E-state index in [0.29, 0.717) is 27.8 Å². The van der Waals surface area contributed by atoms with Gasteiger partial charge in [-0.1, -0.05) is 23.7 Å². The number of aromatic carboxylic acids is 1. The normalized spacial score (nSPS) is 15.3. The molecule has 3 aromatic rings. The Labute approximate surface area is 174 Å². The summed E-state index contributed by atoms with van der Waals surface area (Å²) in [6, 6.07) is 16.1. The van der Waals surface area contributed by atoms with Crippen molar-refractivity contribution < 1.29 is 23.9 Å². The maximum Gasteiger partial charge on any atom is 0.335 e. The zero-order valence-electron chi connectivity index (χ0n) is 14.7. The Morgan fingerprint density at radius 2 is 1.83 bits per heavy atom. The first-order chi connectivity index (χ1) is 13.9. The summed E-state index contributed by atoms with van der Waals surface area (Å²) in [7, 11) is 0. The van der Waals surface area contributed by atoms with Crippen LogP contribution in [-0.4, -0.2) is 22.2 Å². The maximum atomic E-state index is 12.7. The summed E-state index contributed by atoms with van der Waals surface area (Å²) in [5.41, 5.74) is 1.18. The smallest absolute Gasteiger partial charge is 0.335 e. The predicted octanol–water partition coefficient (Wildman–Crippen LogP) is 5.54. The van der Waals surface area contributed by atoms with E-state index in [9.17, 15) is 14.4 Å². The number of carboxylic acids is 1. The molecule has 1 aliphatic heterocycles. The minimum absolute atomic E-state index is 0.143. The van der Waals surface area contributed by atoms with E-state index >= 15 is 0 Å². The van der Waals surface area contributed by atoms with Gasteiger partial charge in [-0.25, -0.2) is 9.69 Å². The lowest BCUT2D eigenvalue weighted by Crippen LogP contribution is -2.27. The van der Waals surface area contributed by atoms with Crippen LogP contribution in [0.5, 0.6) is 0 Å². The molecule has 1 aromatic heterocycles. The van der Waals surface area contributed by atoms with Crippen molar-refractivity contribution in [1.29, 1.82) is 0 Å². The van der Waals surface area contributed by atoms with Crippen molar-refractivity contribution in [2.24, 2.45) is 0 Å². The molecular weight excluding hydrogens is 414 g/mol. The van der Waals surface area contributed by atoms with Crippen LogP contribution in [0.15, 0.2) is 70.0 Å². The molecule has 0 aliphatic carbocycles. The minimum atomic E-state index is -1.03. The summed E-state index contributed by atoms with van der Waals surface area (Å²) >= 11 is 6.67. The van der Waals surface area contributed by atoms with Crippen molar-refractivity contribution in [3.05, 3.63) is 81.9 Å². The molecule has 6 nitrogen and oxygen atoms in total. The van der Waals surface area contributed by atoms with Crippen LogP contribution in [0.3, 0.4) is 0 Å². The molecule has 1 saturated heterocycles. The molecule has 144 valence electrons. The summed E-state index contributed by atoms with van der Waals surface area (Å²) in [5.74, 6) is -0.652. The third-order valence-corrected chi connectivity index (χ3v) is 5.29. The summed E-state index contributed by atoms with van der Waals surface area (Å²) in [4.78, 5) is 37.4. The van der Waals surface area contributed by atoms with E-state index in [-0.39, 0.29) is 10.5 Å². The molecule has 1 N–H and O–H groups in total. The summed E-state index contributed by atoms with van der Waals surface area (Å²) in [6.07, 6.45) is 1.49.